The number of fused-ring (bicyclic) bond motifs is 2. The molecule has 1 aromatic heterocycles. The van der Waals surface area contributed by atoms with Gasteiger partial charge in [0, 0.05) is 21.8 Å². The van der Waals surface area contributed by atoms with Crippen LogP contribution in [-0.4, -0.2) is 25.3 Å². The van der Waals surface area contributed by atoms with Crippen LogP contribution in [0.25, 0.3) is 10.1 Å². The Hall–Kier alpha value is -3.13. The molecule has 0 atom stereocenters. The molecule has 0 spiro atoms. The van der Waals surface area contributed by atoms with E-state index in [4.69, 9.17) is 14.2 Å². The number of thiophene rings is 1. The van der Waals surface area contributed by atoms with Crippen molar-refractivity contribution in [3.8, 4) is 11.5 Å². The number of hydrogen-bond acceptors (Lipinski definition) is 6. The van der Waals surface area contributed by atoms with Gasteiger partial charge in [0.1, 0.15) is 10.7 Å². The normalized spacial score (nSPS) is 12.2. The van der Waals surface area contributed by atoms with Gasteiger partial charge in [-0.15, -0.1) is 11.3 Å². The van der Waals surface area contributed by atoms with Crippen molar-refractivity contribution in [3.05, 3.63) is 52.7 Å². The molecule has 1 N–H and O–H groups in total. The fraction of sp³-hybridized carbons (Fsp3) is 0.158. The number of hydrogen-bond donors (Lipinski definition) is 1. The summed E-state index contributed by atoms with van der Waals surface area (Å²) in [5, 5.41) is 3.02. The molecule has 0 saturated carbocycles. The molecule has 0 fully saturated rings. The van der Waals surface area contributed by atoms with Crippen LogP contribution in [0.2, 0.25) is 0 Å². The summed E-state index contributed by atoms with van der Waals surface area (Å²) >= 11 is 1.14. The molecule has 4 rings (SSSR count). The molecule has 1 aliphatic heterocycles. The highest BCUT2D eigenvalue weighted by Gasteiger charge is 2.20. The molecule has 27 heavy (non-hydrogen) atoms. The second-order valence-electron chi connectivity index (χ2n) is 5.86. The zero-order chi connectivity index (χ0) is 19.0. The maximum atomic E-state index is 13.9. The SMILES string of the molecule is Cc1c(C(=O)OCC(=O)Nc2ccc3c(c2)OCO3)sc2cccc(F)c12. The number of halogens is 1. The van der Waals surface area contributed by atoms with Crippen LogP contribution in [0.1, 0.15) is 15.2 Å². The van der Waals surface area contributed by atoms with E-state index in [-0.39, 0.29) is 17.5 Å². The van der Waals surface area contributed by atoms with Crippen LogP contribution >= 0.6 is 11.3 Å². The summed E-state index contributed by atoms with van der Waals surface area (Å²) in [6.45, 7) is 1.34. The minimum atomic E-state index is -0.658. The van der Waals surface area contributed by atoms with E-state index >= 15 is 0 Å². The van der Waals surface area contributed by atoms with Crippen LogP contribution in [0.15, 0.2) is 36.4 Å². The van der Waals surface area contributed by atoms with Crippen molar-refractivity contribution in [2.45, 2.75) is 6.92 Å². The Morgan fingerprint density at radius 3 is 2.85 bits per heavy atom. The van der Waals surface area contributed by atoms with Gasteiger partial charge in [-0.25, -0.2) is 9.18 Å². The number of rotatable bonds is 4. The Morgan fingerprint density at radius 2 is 2.04 bits per heavy atom. The van der Waals surface area contributed by atoms with Crippen molar-refractivity contribution in [1.29, 1.82) is 0 Å². The molecule has 0 saturated heterocycles. The van der Waals surface area contributed by atoms with Crippen LogP contribution in [-0.2, 0) is 9.53 Å². The van der Waals surface area contributed by atoms with Gasteiger partial charge in [-0.2, -0.15) is 0 Å². The van der Waals surface area contributed by atoms with Gasteiger partial charge in [0.25, 0.3) is 5.91 Å². The summed E-state index contributed by atoms with van der Waals surface area (Å²) in [6.07, 6.45) is 0. The molecule has 1 aliphatic rings. The van der Waals surface area contributed by atoms with Gasteiger partial charge >= 0.3 is 5.97 Å². The van der Waals surface area contributed by atoms with Gasteiger partial charge in [-0.05, 0) is 36.8 Å². The second-order valence-corrected chi connectivity index (χ2v) is 6.91. The largest absolute Gasteiger partial charge is 0.454 e. The molecular weight excluding hydrogens is 373 g/mol. The van der Waals surface area contributed by atoms with Crippen LogP contribution in [0.5, 0.6) is 11.5 Å². The van der Waals surface area contributed by atoms with Crippen molar-refractivity contribution in [2.75, 3.05) is 18.7 Å². The van der Waals surface area contributed by atoms with Crippen molar-refractivity contribution in [3.63, 3.8) is 0 Å². The molecule has 1 amide bonds. The van der Waals surface area contributed by atoms with Crippen molar-refractivity contribution in [2.24, 2.45) is 0 Å². The fourth-order valence-corrected chi connectivity index (χ4v) is 3.93. The maximum Gasteiger partial charge on any atom is 0.349 e. The molecule has 2 aromatic carbocycles. The van der Waals surface area contributed by atoms with E-state index in [1.807, 2.05) is 0 Å². The summed E-state index contributed by atoms with van der Waals surface area (Å²) in [6, 6.07) is 9.63. The number of esters is 1. The Bertz CT molecular complexity index is 1060. The van der Waals surface area contributed by atoms with E-state index in [0.29, 0.717) is 32.8 Å². The lowest BCUT2D eigenvalue weighted by Gasteiger charge is -2.07. The molecule has 2 heterocycles. The Morgan fingerprint density at radius 1 is 1.22 bits per heavy atom. The molecular formula is C19H14FNO5S. The van der Waals surface area contributed by atoms with Crippen LogP contribution < -0.4 is 14.8 Å². The van der Waals surface area contributed by atoms with Gasteiger partial charge in [0.05, 0.1) is 0 Å². The molecule has 138 valence electrons. The first-order valence-electron chi connectivity index (χ1n) is 8.07. The molecule has 0 radical (unpaired) electrons. The summed E-state index contributed by atoms with van der Waals surface area (Å²) in [4.78, 5) is 24.6. The van der Waals surface area contributed by atoms with E-state index in [0.717, 1.165) is 11.3 Å². The predicted octanol–water partition coefficient (Wildman–Crippen LogP) is 3.87. The minimum Gasteiger partial charge on any atom is -0.454 e. The van der Waals surface area contributed by atoms with E-state index in [1.165, 1.54) is 6.07 Å². The van der Waals surface area contributed by atoms with Crippen LogP contribution in [0, 0.1) is 12.7 Å². The maximum absolute atomic E-state index is 13.9. The third kappa shape index (κ3) is 3.31. The first kappa shape index (κ1) is 17.3. The lowest BCUT2D eigenvalue weighted by molar-refractivity contribution is -0.119. The highest BCUT2D eigenvalue weighted by atomic mass is 32.1. The smallest absolute Gasteiger partial charge is 0.349 e. The van der Waals surface area contributed by atoms with Gasteiger partial charge in [0.15, 0.2) is 18.1 Å². The van der Waals surface area contributed by atoms with E-state index in [9.17, 15) is 14.0 Å². The average molecular weight is 387 g/mol. The zero-order valence-electron chi connectivity index (χ0n) is 14.2. The fourth-order valence-electron chi connectivity index (χ4n) is 2.82. The third-order valence-corrected chi connectivity index (χ3v) is 5.32. The number of anilines is 1. The number of aryl methyl sites for hydroxylation is 1. The summed E-state index contributed by atoms with van der Waals surface area (Å²) in [5.74, 6) is -0.401. The Balaban J connectivity index is 1.41. The van der Waals surface area contributed by atoms with E-state index in [1.54, 1.807) is 37.3 Å². The summed E-state index contributed by atoms with van der Waals surface area (Å²) < 4.78 is 30.1. The topological polar surface area (TPSA) is 73.9 Å². The van der Waals surface area contributed by atoms with E-state index in [2.05, 4.69) is 5.32 Å². The number of ether oxygens (including phenoxy) is 3. The van der Waals surface area contributed by atoms with Crippen molar-refractivity contribution < 1.29 is 28.2 Å². The highest BCUT2D eigenvalue weighted by molar-refractivity contribution is 7.21. The van der Waals surface area contributed by atoms with Crippen LogP contribution in [0.4, 0.5) is 10.1 Å². The number of carbonyl (C=O) groups excluding carboxylic acids is 2. The Labute approximate surface area is 157 Å². The van der Waals surface area contributed by atoms with Gasteiger partial charge < -0.3 is 19.5 Å². The molecule has 0 bridgehead atoms. The standard InChI is InChI=1S/C19H14FNO5S/c1-10-17-12(20)3-2-4-15(17)27-18(10)19(23)24-8-16(22)21-11-5-6-13-14(7-11)26-9-25-13/h2-7H,8-9H2,1H3,(H,21,22). The second kappa shape index (κ2) is 6.88. The molecule has 8 heteroatoms. The summed E-state index contributed by atoms with van der Waals surface area (Å²) in [7, 11) is 0. The first-order chi connectivity index (χ1) is 13.0. The summed E-state index contributed by atoms with van der Waals surface area (Å²) in [5.41, 5.74) is 1.01. The number of nitrogens with one attached hydrogen (secondary N) is 1. The quantitative estimate of drug-likeness (QED) is 0.688. The van der Waals surface area contributed by atoms with Crippen molar-refractivity contribution >= 4 is 39.0 Å². The molecule has 3 aromatic rings. The van der Waals surface area contributed by atoms with Gasteiger partial charge in [-0.1, -0.05) is 6.07 Å². The van der Waals surface area contributed by atoms with Crippen LogP contribution in [0.3, 0.4) is 0 Å². The zero-order valence-corrected chi connectivity index (χ0v) is 15.0. The number of benzene rings is 2. The third-order valence-electron chi connectivity index (χ3n) is 4.08. The van der Waals surface area contributed by atoms with E-state index < -0.39 is 18.5 Å². The monoisotopic (exact) mass is 387 g/mol. The van der Waals surface area contributed by atoms with Gasteiger partial charge in [-0.3, -0.25) is 4.79 Å². The molecule has 6 nitrogen and oxygen atoms in total. The molecule has 0 aliphatic carbocycles. The predicted molar refractivity (Wildman–Crippen MR) is 98.0 cm³/mol. The number of amides is 1. The lowest BCUT2D eigenvalue weighted by atomic mass is 10.1. The minimum absolute atomic E-state index is 0.138. The highest BCUT2D eigenvalue weighted by Crippen LogP contribution is 2.34. The molecule has 0 unspecified atom stereocenters. The average Bonchev–Trinajstić information content (AvgIpc) is 3.24. The lowest BCUT2D eigenvalue weighted by Crippen LogP contribution is -2.20. The van der Waals surface area contributed by atoms with Gasteiger partial charge in [0.2, 0.25) is 6.79 Å². The number of carbonyl (C=O) groups is 2. The van der Waals surface area contributed by atoms with Crippen molar-refractivity contribution in [1.82, 2.24) is 0 Å². The first-order valence-corrected chi connectivity index (χ1v) is 8.89. The Kier molecular flexibility index (Phi) is 4.41.